The fourth-order valence-electron chi connectivity index (χ4n) is 1.42. The zero-order chi connectivity index (χ0) is 12.0. The van der Waals surface area contributed by atoms with Crippen molar-refractivity contribution < 1.29 is 9.34 Å². The van der Waals surface area contributed by atoms with Gasteiger partial charge in [0.1, 0.15) is 10.7 Å². The molecule has 0 aromatic carbocycles. The highest BCUT2D eigenvalue weighted by Gasteiger charge is 2.12. The van der Waals surface area contributed by atoms with Crippen LogP contribution in [-0.2, 0) is 6.54 Å². The van der Waals surface area contributed by atoms with Gasteiger partial charge in [-0.15, -0.1) is 0 Å². The minimum Gasteiger partial charge on any atom is -0.404 e. The summed E-state index contributed by atoms with van der Waals surface area (Å²) in [6.45, 7) is 2.48. The molecule has 6 nitrogen and oxygen atoms in total. The lowest BCUT2D eigenvalue weighted by Gasteiger charge is -2.14. The van der Waals surface area contributed by atoms with Crippen LogP contribution in [0, 0.1) is 10.1 Å². The molecule has 0 spiro atoms. The van der Waals surface area contributed by atoms with Crippen molar-refractivity contribution in [2.24, 2.45) is 0 Å². The van der Waals surface area contributed by atoms with Crippen molar-refractivity contribution in [2.75, 3.05) is 27.2 Å². The van der Waals surface area contributed by atoms with Crippen molar-refractivity contribution >= 4 is 5.88 Å². The average molecular weight is 227 g/mol. The molecule has 1 aromatic rings. The second kappa shape index (κ2) is 6.24. The van der Waals surface area contributed by atoms with Crippen LogP contribution in [0.4, 0.5) is 5.88 Å². The molecule has 16 heavy (non-hydrogen) atoms. The lowest BCUT2D eigenvalue weighted by molar-refractivity contribution is -0.402. The van der Waals surface area contributed by atoms with Gasteiger partial charge in [-0.05, 0) is 39.7 Å². The molecule has 1 N–H and O–H groups in total. The molecule has 0 fully saturated rings. The maximum Gasteiger partial charge on any atom is 0.433 e. The topological polar surface area (TPSA) is 71.5 Å². The second-order valence-electron chi connectivity index (χ2n) is 3.69. The van der Waals surface area contributed by atoms with Gasteiger partial charge in [0.25, 0.3) is 0 Å². The van der Waals surface area contributed by atoms with Gasteiger partial charge < -0.3 is 9.73 Å². The molecular weight excluding hydrogens is 210 g/mol. The Morgan fingerprint density at radius 3 is 2.88 bits per heavy atom. The fourth-order valence-corrected chi connectivity index (χ4v) is 1.42. The summed E-state index contributed by atoms with van der Waals surface area (Å²) in [4.78, 5) is 11.9. The van der Waals surface area contributed by atoms with E-state index < -0.39 is 4.92 Å². The Kier molecular flexibility index (Phi) is 4.94. The van der Waals surface area contributed by atoms with Crippen LogP contribution in [0.15, 0.2) is 16.5 Å². The first-order valence-electron chi connectivity index (χ1n) is 5.19. The SMILES string of the molecule is CNCCCN(C)Cc1ccc([N+](=O)[O-])o1. The Morgan fingerprint density at radius 2 is 2.31 bits per heavy atom. The van der Waals surface area contributed by atoms with Crippen molar-refractivity contribution in [3.8, 4) is 0 Å². The summed E-state index contributed by atoms with van der Waals surface area (Å²) in [5, 5.41) is 13.5. The largest absolute Gasteiger partial charge is 0.433 e. The van der Waals surface area contributed by atoms with Crippen LogP contribution in [-0.4, -0.2) is 37.0 Å². The lowest BCUT2D eigenvalue weighted by atomic mass is 10.3. The molecule has 0 atom stereocenters. The molecule has 0 saturated carbocycles. The van der Waals surface area contributed by atoms with Gasteiger partial charge in [-0.25, -0.2) is 0 Å². The number of nitro groups is 1. The van der Waals surface area contributed by atoms with Crippen LogP contribution >= 0.6 is 0 Å². The third-order valence-corrected chi connectivity index (χ3v) is 2.22. The molecular formula is C10H17N3O3. The van der Waals surface area contributed by atoms with Crippen LogP contribution in [0.1, 0.15) is 12.2 Å². The summed E-state index contributed by atoms with van der Waals surface area (Å²) < 4.78 is 5.07. The van der Waals surface area contributed by atoms with E-state index in [-0.39, 0.29) is 5.88 Å². The van der Waals surface area contributed by atoms with E-state index in [1.54, 1.807) is 6.07 Å². The first-order valence-corrected chi connectivity index (χ1v) is 5.19. The van der Waals surface area contributed by atoms with Crippen LogP contribution in [0.2, 0.25) is 0 Å². The third kappa shape index (κ3) is 4.00. The zero-order valence-corrected chi connectivity index (χ0v) is 9.60. The molecule has 1 heterocycles. The molecule has 90 valence electrons. The predicted octanol–water partition coefficient (Wildman–Crippen LogP) is 1.23. The monoisotopic (exact) mass is 227 g/mol. The summed E-state index contributed by atoms with van der Waals surface area (Å²) in [6.07, 6.45) is 1.04. The maximum absolute atomic E-state index is 10.4. The quantitative estimate of drug-likeness (QED) is 0.431. The van der Waals surface area contributed by atoms with Crippen molar-refractivity contribution in [1.82, 2.24) is 10.2 Å². The predicted molar refractivity (Wildman–Crippen MR) is 60.2 cm³/mol. The molecule has 0 bridgehead atoms. The van der Waals surface area contributed by atoms with Gasteiger partial charge in [0.2, 0.25) is 0 Å². The number of furan rings is 1. The highest BCUT2D eigenvalue weighted by atomic mass is 16.6. The van der Waals surface area contributed by atoms with Gasteiger partial charge in [-0.3, -0.25) is 15.0 Å². The van der Waals surface area contributed by atoms with Gasteiger partial charge in [0.15, 0.2) is 0 Å². The first kappa shape index (κ1) is 12.7. The van der Waals surface area contributed by atoms with E-state index in [4.69, 9.17) is 4.42 Å². The molecule has 0 aliphatic heterocycles. The minimum atomic E-state index is -0.523. The first-order chi connectivity index (χ1) is 7.63. The molecule has 6 heteroatoms. The van der Waals surface area contributed by atoms with E-state index in [1.807, 2.05) is 14.1 Å². The van der Waals surface area contributed by atoms with E-state index in [0.29, 0.717) is 12.3 Å². The van der Waals surface area contributed by atoms with Crippen LogP contribution in [0.5, 0.6) is 0 Å². The summed E-state index contributed by atoms with van der Waals surface area (Å²) in [5.41, 5.74) is 0. The van der Waals surface area contributed by atoms with Crippen LogP contribution in [0.25, 0.3) is 0 Å². The van der Waals surface area contributed by atoms with Crippen molar-refractivity contribution in [2.45, 2.75) is 13.0 Å². The Bertz CT molecular complexity index is 338. The molecule has 1 rings (SSSR count). The number of nitrogens with one attached hydrogen (secondary N) is 1. The Hall–Kier alpha value is -1.40. The van der Waals surface area contributed by atoms with Crippen molar-refractivity contribution in [3.05, 3.63) is 28.0 Å². The zero-order valence-electron chi connectivity index (χ0n) is 9.60. The van der Waals surface area contributed by atoms with Gasteiger partial charge in [-0.1, -0.05) is 0 Å². The molecule has 0 amide bonds. The van der Waals surface area contributed by atoms with Gasteiger partial charge in [0.05, 0.1) is 12.6 Å². The summed E-state index contributed by atoms with van der Waals surface area (Å²) in [6, 6.07) is 3.03. The standard InChI is InChI=1S/C10H17N3O3/c1-11-6-3-7-12(2)8-9-4-5-10(16-9)13(14)15/h4-5,11H,3,6-8H2,1-2H3. The van der Waals surface area contributed by atoms with Gasteiger partial charge in [0, 0.05) is 0 Å². The van der Waals surface area contributed by atoms with Crippen molar-refractivity contribution in [1.29, 1.82) is 0 Å². The normalized spacial score (nSPS) is 10.9. The van der Waals surface area contributed by atoms with Crippen LogP contribution < -0.4 is 5.32 Å². The van der Waals surface area contributed by atoms with E-state index >= 15 is 0 Å². The molecule has 0 unspecified atom stereocenters. The van der Waals surface area contributed by atoms with E-state index in [9.17, 15) is 10.1 Å². The number of hydrogen-bond acceptors (Lipinski definition) is 5. The van der Waals surface area contributed by atoms with E-state index in [2.05, 4.69) is 10.2 Å². The Morgan fingerprint density at radius 1 is 1.56 bits per heavy atom. The molecule has 0 saturated heterocycles. The lowest BCUT2D eigenvalue weighted by Crippen LogP contribution is -2.22. The minimum absolute atomic E-state index is 0.196. The fraction of sp³-hybridized carbons (Fsp3) is 0.600. The summed E-state index contributed by atoms with van der Waals surface area (Å²) >= 11 is 0. The third-order valence-electron chi connectivity index (χ3n) is 2.22. The average Bonchev–Trinajstić information content (AvgIpc) is 2.66. The summed E-state index contributed by atoms with van der Waals surface area (Å²) in [5.74, 6) is 0.428. The Labute approximate surface area is 94.4 Å². The smallest absolute Gasteiger partial charge is 0.404 e. The number of hydrogen-bond donors (Lipinski definition) is 1. The van der Waals surface area contributed by atoms with E-state index in [1.165, 1.54) is 6.07 Å². The maximum atomic E-state index is 10.4. The molecule has 1 aromatic heterocycles. The summed E-state index contributed by atoms with van der Waals surface area (Å²) in [7, 11) is 3.87. The second-order valence-corrected chi connectivity index (χ2v) is 3.69. The van der Waals surface area contributed by atoms with Crippen LogP contribution in [0.3, 0.4) is 0 Å². The molecule has 0 aliphatic rings. The van der Waals surface area contributed by atoms with Crippen molar-refractivity contribution in [3.63, 3.8) is 0 Å². The number of rotatable bonds is 7. The Balaban J connectivity index is 2.37. The molecule has 0 aliphatic carbocycles. The highest BCUT2D eigenvalue weighted by molar-refractivity contribution is 5.17. The molecule has 0 radical (unpaired) electrons. The van der Waals surface area contributed by atoms with Gasteiger partial charge in [-0.2, -0.15) is 0 Å². The highest BCUT2D eigenvalue weighted by Crippen LogP contribution is 2.16. The number of nitrogens with zero attached hydrogens (tertiary/aromatic N) is 2. The van der Waals surface area contributed by atoms with E-state index in [0.717, 1.165) is 19.5 Å². The van der Waals surface area contributed by atoms with Gasteiger partial charge >= 0.3 is 5.88 Å².